The number of aliphatic hydroxyl groups is 1. The summed E-state index contributed by atoms with van der Waals surface area (Å²) in [4.78, 5) is 17.0. The maximum absolute atomic E-state index is 11.5. The smallest absolute Gasteiger partial charge is 0.315 e. The Hall–Kier alpha value is -1.14. The van der Waals surface area contributed by atoms with Crippen molar-refractivity contribution < 1.29 is 9.90 Å². The van der Waals surface area contributed by atoms with E-state index < -0.39 is 0 Å². The van der Waals surface area contributed by atoms with Crippen LogP contribution in [-0.2, 0) is 6.54 Å². The Labute approximate surface area is 112 Å². The summed E-state index contributed by atoms with van der Waals surface area (Å²) in [6.07, 6.45) is 0.954. The molecule has 0 aliphatic carbocycles. The van der Waals surface area contributed by atoms with E-state index in [1.165, 1.54) is 4.88 Å². The molecule has 0 saturated carbocycles. The molecule has 18 heavy (non-hydrogen) atoms. The molecule has 1 aromatic rings. The number of urea groups is 1. The predicted molar refractivity (Wildman–Crippen MR) is 72.7 cm³/mol. The molecule has 5 nitrogen and oxygen atoms in total. The third-order valence-electron chi connectivity index (χ3n) is 2.71. The van der Waals surface area contributed by atoms with Crippen molar-refractivity contribution in [3.63, 3.8) is 0 Å². The molecule has 0 radical (unpaired) electrons. The summed E-state index contributed by atoms with van der Waals surface area (Å²) >= 11 is 1.60. The predicted octanol–water partition coefficient (Wildman–Crippen LogP) is 1.72. The molecule has 1 heterocycles. The van der Waals surface area contributed by atoms with Crippen molar-refractivity contribution in [2.24, 2.45) is 0 Å². The van der Waals surface area contributed by atoms with Crippen LogP contribution in [0, 0.1) is 13.8 Å². The summed E-state index contributed by atoms with van der Waals surface area (Å²) in [5.41, 5.74) is 1.02. The lowest BCUT2D eigenvalue weighted by molar-refractivity contribution is 0.160. The monoisotopic (exact) mass is 271 g/mol. The summed E-state index contributed by atoms with van der Waals surface area (Å²) in [6.45, 7) is 6.82. The first kappa shape index (κ1) is 14.9. The van der Waals surface area contributed by atoms with E-state index in [4.69, 9.17) is 0 Å². The number of aromatic nitrogens is 1. The van der Waals surface area contributed by atoms with Gasteiger partial charge in [-0.15, -0.1) is 11.3 Å². The van der Waals surface area contributed by atoms with E-state index in [0.717, 1.165) is 10.7 Å². The number of rotatable bonds is 6. The fraction of sp³-hybridized carbons (Fsp3) is 0.667. The van der Waals surface area contributed by atoms with Gasteiger partial charge < -0.3 is 15.7 Å². The number of carbonyl (C=O) groups excluding carboxylic acids is 1. The standard InChI is InChI=1S/C12H21N3O2S/c1-4-10(16)5-6-13-12(17)14-7-11-15-8(2)9(3)18-11/h10,16H,4-7H2,1-3H3,(H2,13,14,17). The summed E-state index contributed by atoms with van der Waals surface area (Å²) in [5.74, 6) is 0. The lowest BCUT2D eigenvalue weighted by atomic mass is 10.2. The quantitative estimate of drug-likeness (QED) is 0.737. The van der Waals surface area contributed by atoms with Crippen LogP contribution in [-0.4, -0.2) is 28.8 Å². The summed E-state index contributed by atoms with van der Waals surface area (Å²) < 4.78 is 0. The van der Waals surface area contributed by atoms with Gasteiger partial charge in [0, 0.05) is 11.4 Å². The van der Waals surface area contributed by atoms with Crippen molar-refractivity contribution in [3.05, 3.63) is 15.6 Å². The molecule has 3 N–H and O–H groups in total. The number of nitrogens with zero attached hydrogens (tertiary/aromatic N) is 1. The highest BCUT2D eigenvalue weighted by atomic mass is 32.1. The Bertz CT molecular complexity index is 373. The van der Waals surface area contributed by atoms with Crippen LogP contribution in [0.5, 0.6) is 0 Å². The van der Waals surface area contributed by atoms with E-state index in [9.17, 15) is 9.90 Å². The van der Waals surface area contributed by atoms with Crippen LogP contribution >= 0.6 is 11.3 Å². The van der Waals surface area contributed by atoms with E-state index in [0.29, 0.717) is 25.9 Å². The molecule has 1 rings (SSSR count). The average Bonchev–Trinajstić information content (AvgIpc) is 2.66. The van der Waals surface area contributed by atoms with Crippen molar-refractivity contribution in [1.82, 2.24) is 15.6 Å². The zero-order valence-electron chi connectivity index (χ0n) is 11.1. The molecule has 0 aromatic carbocycles. The first-order valence-corrected chi connectivity index (χ1v) is 6.97. The fourth-order valence-corrected chi connectivity index (χ4v) is 2.26. The maximum Gasteiger partial charge on any atom is 0.315 e. The van der Waals surface area contributed by atoms with Crippen LogP contribution in [0.3, 0.4) is 0 Å². The summed E-state index contributed by atoms with van der Waals surface area (Å²) in [5, 5.41) is 15.7. The Kier molecular flexibility index (Phi) is 6.07. The number of aryl methyl sites for hydroxylation is 2. The van der Waals surface area contributed by atoms with Gasteiger partial charge in [0.1, 0.15) is 5.01 Å². The molecule has 0 aliphatic heterocycles. The van der Waals surface area contributed by atoms with Crippen LogP contribution in [0.2, 0.25) is 0 Å². The van der Waals surface area contributed by atoms with Crippen molar-refractivity contribution >= 4 is 17.4 Å². The third kappa shape index (κ3) is 5.01. The molecule has 0 saturated heterocycles. The minimum Gasteiger partial charge on any atom is -0.393 e. The number of hydrogen-bond donors (Lipinski definition) is 3. The van der Waals surface area contributed by atoms with E-state index in [1.54, 1.807) is 11.3 Å². The third-order valence-corrected chi connectivity index (χ3v) is 3.78. The lowest BCUT2D eigenvalue weighted by Gasteiger charge is -2.09. The molecule has 102 valence electrons. The zero-order chi connectivity index (χ0) is 13.5. The van der Waals surface area contributed by atoms with Gasteiger partial charge in [0.15, 0.2) is 0 Å². The van der Waals surface area contributed by atoms with Crippen molar-refractivity contribution in [2.75, 3.05) is 6.54 Å². The normalized spacial score (nSPS) is 12.2. The number of carbonyl (C=O) groups is 1. The van der Waals surface area contributed by atoms with E-state index in [2.05, 4.69) is 15.6 Å². The number of nitrogens with one attached hydrogen (secondary N) is 2. The maximum atomic E-state index is 11.5. The first-order chi connectivity index (χ1) is 8.52. The Morgan fingerprint density at radius 3 is 2.72 bits per heavy atom. The van der Waals surface area contributed by atoms with Gasteiger partial charge >= 0.3 is 6.03 Å². The Morgan fingerprint density at radius 1 is 1.44 bits per heavy atom. The molecule has 0 spiro atoms. The molecule has 1 atom stereocenters. The molecule has 6 heteroatoms. The van der Waals surface area contributed by atoms with Gasteiger partial charge in [-0.2, -0.15) is 0 Å². The highest BCUT2D eigenvalue weighted by molar-refractivity contribution is 7.11. The minimum absolute atomic E-state index is 0.219. The molecule has 2 amide bonds. The van der Waals surface area contributed by atoms with Crippen molar-refractivity contribution in [2.45, 2.75) is 46.3 Å². The number of hydrogen-bond acceptors (Lipinski definition) is 4. The summed E-state index contributed by atoms with van der Waals surface area (Å²) in [7, 11) is 0. The second kappa shape index (κ2) is 7.33. The number of aliphatic hydroxyl groups excluding tert-OH is 1. The Morgan fingerprint density at radius 2 is 2.17 bits per heavy atom. The Balaban J connectivity index is 2.21. The lowest BCUT2D eigenvalue weighted by Crippen LogP contribution is -2.36. The van der Waals surface area contributed by atoms with Gasteiger partial charge in [0.25, 0.3) is 0 Å². The largest absolute Gasteiger partial charge is 0.393 e. The van der Waals surface area contributed by atoms with E-state index in [-0.39, 0.29) is 12.1 Å². The van der Waals surface area contributed by atoms with Gasteiger partial charge in [0.2, 0.25) is 0 Å². The van der Waals surface area contributed by atoms with Crippen LogP contribution in [0.1, 0.15) is 35.3 Å². The first-order valence-electron chi connectivity index (χ1n) is 6.15. The van der Waals surface area contributed by atoms with E-state index >= 15 is 0 Å². The molecule has 0 aliphatic rings. The molecule has 1 unspecified atom stereocenters. The second-order valence-corrected chi connectivity index (χ2v) is 5.50. The topological polar surface area (TPSA) is 74.2 Å². The zero-order valence-corrected chi connectivity index (χ0v) is 11.9. The molecule has 1 aromatic heterocycles. The van der Waals surface area contributed by atoms with Crippen LogP contribution in [0.15, 0.2) is 0 Å². The number of thiazole rings is 1. The minimum atomic E-state index is -0.338. The molecular weight excluding hydrogens is 250 g/mol. The van der Waals surface area contributed by atoms with E-state index in [1.807, 2.05) is 20.8 Å². The second-order valence-electron chi connectivity index (χ2n) is 4.21. The van der Waals surface area contributed by atoms with Crippen LogP contribution in [0.25, 0.3) is 0 Å². The van der Waals surface area contributed by atoms with Crippen LogP contribution in [0.4, 0.5) is 4.79 Å². The van der Waals surface area contributed by atoms with Gasteiger partial charge in [-0.1, -0.05) is 6.92 Å². The highest BCUT2D eigenvalue weighted by Crippen LogP contribution is 2.15. The van der Waals surface area contributed by atoms with Crippen LogP contribution < -0.4 is 10.6 Å². The molecule has 0 bridgehead atoms. The van der Waals surface area contributed by atoms with Gasteiger partial charge in [-0.3, -0.25) is 0 Å². The van der Waals surface area contributed by atoms with Gasteiger partial charge in [-0.05, 0) is 26.7 Å². The van der Waals surface area contributed by atoms with Crippen molar-refractivity contribution in [3.8, 4) is 0 Å². The molecular formula is C12H21N3O2S. The van der Waals surface area contributed by atoms with Gasteiger partial charge in [-0.25, -0.2) is 9.78 Å². The van der Waals surface area contributed by atoms with Crippen molar-refractivity contribution in [1.29, 1.82) is 0 Å². The highest BCUT2D eigenvalue weighted by Gasteiger charge is 2.06. The SMILES string of the molecule is CCC(O)CCNC(=O)NCc1nc(C)c(C)s1. The average molecular weight is 271 g/mol. The summed E-state index contributed by atoms with van der Waals surface area (Å²) in [6, 6.07) is -0.219. The fourth-order valence-electron chi connectivity index (χ4n) is 1.39. The van der Waals surface area contributed by atoms with Gasteiger partial charge in [0.05, 0.1) is 18.3 Å². The number of amides is 2. The molecule has 0 fully saturated rings.